The Morgan fingerprint density at radius 3 is 2.31 bits per heavy atom. The third-order valence-electron chi connectivity index (χ3n) is 1.12. The number of aliphatic carboxylic acids is 1. The molecule has 1 atom stereocenters. The molecule has 0 saturated heterocycles. The molecule has 1 unspecified atom stereocenters. The van der Waals surface area contributed by atoms with Crippen LogP contribution >= 0.6 is 0 Å². The molecule has 72 valence electrons. The Kier molecular flexibility index (Phi) is 2.60. The molecule has 1 aliphatic rings. The van der Waals surface area contributed by atoms with E-state index in [1.54, 1.807) is 0 Å². The second-order valence-electron chi connectivity index (χ2n) is 1.85. The molecule has 1 aliphatic heterocycles. The van der Waals surface area contributed by atoms with Crippen molar-refractivity contribution in [3.05, 3.63) is 10.1 Å². The Balaban J connectivity index is 0.00000144. The Bertz CT molecular complexity index is 283. The van der Waals surface area contributed by atoms with Crippen molar-refractivity contribution < 1.29 is 19.6 Å². The van der Waals surface area contributed by atoms with Gasteiger partial charge in [-0.25, -0.2) is 10.1 Å². The molecule has 10 nitrogen and oxygen atoms in total. The van der Waals surface area contributed by atoms with Gasteiger partial charge in [-0.05, 0) is 0 Å². The number of carbonyl (C=O) groups excluding carboxylic acids is 2. The molecule has 5 N–H and O–H groups in total. The molecule has 2 amide bonds. The number of carboxylic acid groups (broad SMARTS) is 1. The van der Waals surface area contributed by atoms with Gasteiger partial charge in [0.1, 0.15) is 0 Å². The van der Waals surface area contributed by atoms with Crippen molar-refractivity contribution in [2.45, 2.75) is 5.79 Å². The standard InChI is InChI=1S/C3H2N4O5.H3N/c8-1(9)3(7(11)12)4-2(10)5-6-3;/h(H,4,10)(H,8,9);1H3. The summed E-state index contributed by atoms with van der Waals surface area (Å²) in [6.45, 7) is 0. The van der Waals surface area contributed by atoms with Gasteiger partial charge in [0.15, 0.2) is 5.97 Å². The summed E-state index contributed by atoms with van der Waals surface area (Å²) < 4.78 is 0. The van der Waals surface area contributed by atoms with Gasteiger partial charge in [-0.2, -0.15) is 0 Å². The number of nitrogens with zero attached hydrogens (tertiary/aromatic N) is 3. The molecule has 1 heterocycles. The summed E-state index contributed by atoms with van der Waals surface area (Å²) in [5.41, 5.74) is 0. The Morgan fingerprint density at radius 1 is 1.62 bits per heavy atom. The van der Waals surface area contributed by atoms with E-state index in [-0.39, 0.29) is 6.15 Å². The minimum atomic E-state index is -2.95. The molecule has 0 bridgehead atoms. The summed E-state index contributed by atoms with van der Waals surface area (Å²) in [6, 6.07) is -1.18. The zero-order chi connectivity index (χ0) is 9.35. The smallest absolute Gasteiger partial charge is 0.454 e. The minimum absolute atomic E-state index is 0. The highest BCUT2D eigenvalue weighted by molar-refractivity contribution is 5.85. The van der Waals surface area contributed by atoms with E-state index >= 15 is 0 Å². The molecule has 10 heteroatoms. The molecule has 0 fully saturated rings. The molecule has 0 aromatic rings. The van der Waals surface area contributed by atoms with Crippen LogP contribution < -0.4 is 16.6 Å². The predicted molar refractivity (Wildman–Crippen MR) is 34.1 cm³/mol. The van der Waals surface area contributed by atoms with Gasteiger partial charge in [-0.3, -0.25) is 10.1 Å². The quantitative estimate of drug-likeness (QED) is 0.386. The van der Waals surface area contributed by atoms with E-state index in [1.165, 1.54) is 5.32 Å². The summed E-state index contributed by atoms with van der Waals surface area (Å²) in [4.78, 5) is 29.3. The Morgan fingerprint density at radius 2 is 2.15 bits per heavy atom. The van der Waals surface area contributed by atoms with Crippen LogP contribution in [0.4, 0.5) is 4.79 Å². The van der Waals surface area contributed by atoms with Crippen LogP contribution in [0.5, 0.6) is 0 Å². The molecular formula is C3H5N5O5. The van der Waals surface area contributed by atoms with Crippen LogP contribution in [0.15, 0.2) is 10.2 Å². The van der Waals surface area contributed by atoms with Gasteiger partial charge in [0, 0.05) is 0 Å². The van der Waals surface area contributed by atoms with Crippen LogP contribution in [0, 0.1) is 10.1 Å². The number of carbonyl (C=O) groups is 2. The number of carboxylic acids is 1. The minimum Gasteiger partial charge on any atom is -0.540 e. The van der Waals surface area contributed by atoms with Crippen molar-refractivity contribution in [3.63, 3.8) is 0 Å². The van der Waals surface area contributed by atoms with Gasteiger partial charge in [0.05, 0.1) is 4.92 Å². The molecule has 0 aromatic carbocycles. The summed E-state index contributed by atoms with van der Waals surface area (Å²) >= 11 is 0. The summed E-state index contributed by atoms with van der Waals surface area (Å²) in [5, 5.41) is 27.0. The lowest BCUT2D eigenvalue weighted by Gasteiger charge is -2.14. The lowest BCUT2D eigenvalue weighted by atomic mass is 10.4. The number of quaternary nitrogens is 1. The number of nitro groups is 1. The highest BCUT2D eigenvalue weighted by atomic mass is 16.6. The monoisotopic (exact) mass is 191 g/mol. The SMILES string of the molecule is O=C1N=NC(C(=O)[O-])([N+](=O)[O-])N1.[NH4+]. The number of amides is 2. The van der Waals surface area contributed by atoms with E-state index in [0.29, 0.717) is 0 Å². The second kappa shape index (κ2) is 3.10. The first-order valence-electron chi connectivity index (χ1n) is 2.60. The normalized spacial score (nSPS) is 24.8. The lowest BCUT2D eigenvalue weighted by Crippen LogP contribution is -2.60. The molecule has 1 rings (SSSR count). The molecule has 0 radical (unpaired) electrons. The fraction of sp³-hybridized carbons (Fsp3) is 0.333. The average molecular weight is 191 g/mol. The van der Waals surface area contributed by atoms with Gasteiger partial charge >= 0.3 is 11.8 Å². The van der Waals surface area contributed by atoms with E-state index in [0.717, 1.165) is 0 Å². The Labute approximate surface area is 70.4 Å². The van der Waals surface area contributed by atoms with Crippen molar-refractivity contribution >= 4 is 12.0 Å². The fourth-order valence-electron chi connectivity index (χ4n) is 0.565. The molecule has 13 heavy (non-hydrogen) atoms. The largest absolute Gasteiger partial charge is 0.540 e. The maximum Gasteiger partial charge on any atom is 0.454 e. The van der Waals surface area contributed by atoms with Gasteiger partial charge in [-0.1, -0.05) is 10.2 Å². The lowest BCUT2D eigenvalue weighted by molar-refractivity contribution is -0.569. The molecule has 0 saturated carbocycles. The zero-order valence-electron chi connectivity index (χ0n) is 6.38. The molecular weight excluding hydrogens is 186 g/mol. The van der Waals surface area contributed by atoms with E-state index in [9.17, 15) is 24.8 Å². The number of urea groups is 1. The van der Waals surface area contributed by atoms with Crippen LogP contribution in [0.2, 0.25) is 0 Å². The van der Waals surface area contributed by atoms with Gasteiger partial charge in [-0.15, -0.1) is 0 Å². The van der Waals surface area contributed by atoms with Gasteiger partial charge in [0.25, 0.3) is 0 Å². The number of rotatable bonds is 2. The van der Waals surface area contributed by atoms with Crippen molar-refractivity contribution in [1.29, 1.82) is 0 Å². The molecule has 0 aliphatic carbocycles. The highest BCUT2D eigenvalue weighted by Gasteiger charge is 2.51. The van der Waals surface area contributed by atoms with E-state index in [1.807, 2.05) is 0 Å². The molecule has 0 aromatic heterocycles. The Hall–Kier alpha value is -2.10. The number of hydrogen-bond donors (Lipinski definition) is 2. The summed E-state index contributed by atoms with van der Waals surface area (Å²) in [7, 11) is 0. The van der Waals surface area contributed by atoms with Gasteiger partial charge < -0.3 is 16.1 Å². The first-order chi connectivity index (χ1) is 5.49. The van der Waals surface area contributed by atoms with Crippen LogP contribution in [-0.4, -0.2) is 22.7 Å². The van der Waals surface area contributed by atoms with E-state index in [4.69, 9.17) is 0 Å². The maximum absolute atomic E-state index is 10.3. The number of nitrogens with one attached hydrogen (secondary N) is 1. The van der Waals surface area contributed by atoms with Crippen LogP contribution in [-0.2, 0) is 4.79 Å². The number of hydrogen-bond acceptors (Lipinski definition) is 6. The van der Waals surface area contributed by atoms with E-state index < -0.39 is 22.7 Å². The fourth-order valence-corrected chi connectivity index (χ4v) is 0.565. The van der Waals surface area contributed by atoms with Crippen molar-refractivity contribution in [3.8, 4) is 0 Å². The maximum atomic E-state index is 10.3. The molecule has 0 spiro atoms. The second-order valence-corrected chi connectivity index (χ2v) is 1.85. The van der Waals surface area contributed by atoms with Crippen molar-refractivity contribution in [2.24, 2.45) is 10.2 Å². The van der Waals surface area contributed by atoms with Crippen molar-refractivity contribution in [2.75, 3.05) is 0 Å². The average Bonchev–Trinajstić information content (AvgIpc) is 2.32. The van der Waals surface area contributed by atoms with E-state index in [2.05, 4.69) is 10.2 Å². The number of azo groups is 1. The van der Waals surface area contributed by atoms with Crippen LogP contribution in [0.1, 0.15) is 0 Å². The highest BCUT2D eigenvalue weighted by Crippen LogP contribution is 2.13. The zero-order valence-corrected chi connectivity index (χ0v) is 6.38. The van der Waals surface area contributed by atoms with Crippen molar-refractivity contribution in [1.82, 2.24) is 11.5 Å². The first-order valence-corrected chi connectivity index (χ1v) is 2.60. The van der Waals surface area contributed by atoms with Gasteiger partial charge in [0.2, 0.25) is 0 Å². The topological polar surface area (TPSA) is 174 Å². The van der Waals surface area contributed by atoms with Crippen LogP contribution in [0.25, 0.3) is 0 Å². The summed E-state index contributed by atoms with van der Waals surface area (Å²) in [6.07, 6.45) is 0. The first kappa shape index (κ1) is 10.9. The third kappa shape index (κ3) is 1.41. The predicted octanol–water partition coefficient (Wildman–Crippen LogP) is -1.78. The van der Waals surface area contributed by atoms with Crippen LogP contribution in [0.3, 0.4) is 0 Å². The third-order valence-corrected chi connectivity index (χ3v) is 1.12. The summed E-state index contributed by atoms with van der Waals surface area (Å²) in [5.74, 6) is -5.08.